The van der Waals surface area contributed by atoms with Crippen LogP contribution in [0, 0.1) is 5.92 Å². The van der Waals surface area contributed by atoms with Crippen LogP contribution in [-0.4, -0.2) is 25.1 Å². The van der Waals surface area contributed by atoms with Crippen molar-refractivity contribution in [2.75, 3.05) is 23.8 Å². The van der Waals surface area contributed by atoms with Gasteiger partial charge in [-0.3, -0.25) is 4.79 Å². The molecule has 2 unspecified atom stereocenters. The molecule has 0 radical (unpaired) electrons. The average molecular weight is 541 g/mol. The molecule has 40 heavy (non-hydrogen) atoms. The molecule has 2 N–H and O–H groups in total. The minimum absolute atomic E-state index is 0.0270. The van der Waals surface area contributed by atoms with E-state index in [9.17, 15) is 4.79 Å². The van der Waals surface area contributed by atoms with Gasteiger partial charge < -0.3 is 24.8 Å². The number of hydrogen-bond acceptors (Lipinski definition) is 6. The fraction of sp³-hybridized carbons (Fsp3) is 0.382. The molecule has 210 valence electrons. The molecule has 6 nitrogen and oxygen atoms in total. The van der Waals surface area contributed by atoms with Crippen molar-refractivity contribution in [3.05, 3.63) is 89.1 Å². The zero-order valence-corrected chi connectivity index (χ0v) is 24.1. The Morgan fingerprint density at radius 2 is 1.57 bits per heavy atom. The van der Waals surface area contributed by atoms with E-state index in [4.69, 9.17) is 14.2 Å². The van der Waals surface area contributed by atoms with Gasteiger partial charge in [0.1, 0.15) is 5.75 Å². The first-order valence-corrected chi connectivity index (χ1v) is 14.4. The van der Waals surface area contributed by atoms with Crippen molar-refractivity contribution >= 4 is 17.2 Å². The molecule has 1 aliphatic heterocycles. The summed E-state index contributed by atoms with van der Waals surface area (Å²) in [6, 6.07) is 22.0. The van der Waals surface area contributed by atoms with Gasteiger partial charge in [0, 0.05) is 17.7 Å². The third kappa shape index (κ3) is 6.11. The molecule has 0 spiro atoms. The quantitative estimate of drug-likeness (QED) is 0.288. The van der Waals surface area contributed by atoms with Crippen LogP contribution in [0.4, 0.5) is 11.4 Å². The van der Waals surface area contributed by atoms with E-state index >= 15 is 0 Å². The number of benzene rings is 3. The van der Waals surface area contributed by atoms with E-state index < -0.39 is 0 Å². The molecule has 1 heterocycles. The van der Waals surface area contributed by atoms with Gasteiger partial charge in [-0.1, -0.05) is 44.2 Å². The van der Waals surface area contributed by atoms with Gasteiger partial charge >= 0.3 is 0 Å². The van der Waals surface area contributed by atoms with Crippen LogP contribution in [0.1, 0.15) is 70.5 Å². The summed E-state index contributed by atoms with van der Waals surface area (Å²) in [5.41, 5.74) is 5.78. The van der Waals surface area contributed by atoms with Crippen LogP contribution in [-0.2, 0) is 4.79 Å². The van der Waals surface area contributed by atoms with Crippen molar-refractivity contribution in [1.82, 2.24) is 0 Å². The summed E-state index contributed by atoms with van der Waals surface area (Å²) in [5.74, 6) is 2.95. The average Bonchev–Trinajstić information content (AvgIpc) is 3.10. The number of nitrogens with one attached hydrogen (secondary N) is 2. The summed E-state index contributed by atoms with van der Waals surface area (Å²) in [7, 11) is 0. The number of carbonyl (C=O) groups is 1. The van der Waals surface area contributed by atoms with Crippen LogP contribution in [0.15, 0.2) is 78.0 Å². The van der Waals surface area contributed by atoms with E-state index in [-0.39, 0.29) is 23.8 Å². The largest absolute Gasteiger partial charge is 0.493 e. The Labute approximate surface area is 237 Å². The molecule has 2 atom stereocenters. The van der Waals surface area contributed by atoms with Crippen molar-refractivity contribution in [3.8, 4) is 17.2 Å². The molecule has 0 saturated heterocycles. The summed E-state index contributed by atoms with van der Waals surface area (Å²) < 4.78 is 17.8. The maximum atomic E-state index is 13.9. The molecular formula is C34H40N2O4. The number of anilines is 2. The Hall–Kier alpha value is -3.93. The van der Waals surface area contributed by atoms with Gasteiger partial charge in [0.2, 0.25) is 0 Å². The van der Waals surface area contributed by atoms with Gasteiger partial charge in [0.15, 0.2) is 17.3 Å². The number of hydrogen-bond donors (Lipinski definition) is 2. The van der Waals surface area contributed by atoms with Crippen molar-refractivity contribution in [2.24, 2.45) is 5.92 Å². The Morgan fingerprint density at radius 1 is 0.850 bits per heavy atom. The zero-order chi connectivity index (χ0) is 28.2. The zero-order valence-electron chi connectivity index (χ0n) is 24.1. The minimum Gasteiger partial charge on any atom is -0.493 e. The van der Waals surface area contributed by atoms with Gasteiger partial charge in [-0.25, -0.2) is 0 Å². The van der Waals surface area contributed by atoms with Gasteiger partial charge in [0.25, 0.3) is 0 Å². The second-order valence-corrected chi connectivity index (χ2v) is 11.2. The van der Waals surface area contributed by atoms with Crippen LogP contribution in [0.3, 0.4) is 0 Å². The highest BCUT2D eigenvalue weighted by atomic mass is 16.5. The van der Waals surface area contributed by atoms with E-state index in [1.807, 2.05) is 69.3 Å². The van der Waals surface area contributed by atoms with Crippen molar-refractivity contribution in [2.45, 2.75) is 65.5 Å². The van der Waals surface area contributed by atoms with Crippen LogP contribution >= 0.6 is 0 Å². The maximum absolute atomic E-state index is 13.9. The van der Waals surface area contributed by atoms with Gasteiger partial charge in [0.05, 0.1) is 36.7 Å². The number of carbonyl (C=O) groups excluding carboxylic acids is 1. The molecule has 5 rings (SSSR count). The summed E-state index contributed by atoms with van der Waals surface area (Å²) in [4.78, 5) is 13.9. The highest BCUT2D eigenvalue weighted by Gasteiger charge is 2.36. The molecule has 0 aromatic heterocycles. The highest BCUT2D eigenvalue weighted by molar-refractivity contribution is 6.01. The Kier molecular flexibility index (Phi) is 8.34. The SMILES string of the molecule is CCOc1cc(C2Nc3ccccc3NC3=C2C(=O)CC(c2ccc(OCC(C)C)cc2)C3)ccc1OC(C)C. The normalized spacial score (nSPS) is 18.4. The predicted octanol–water partition coefficient (Wildman–Crippen LogP) is 7.89. The summed E-state index contributed by atoms with van der Waals surface area (Å²) in [5, 5.41) is 7.29. The number of allylic oxidation sites excluding steroid dienone is 1. The number of fused-ring (bicyclic) bond motifs is 1. The lowest BCUT2D eigenvalue weighted by molar-refractivity contribution is -0.116. The summed E-state index contributed by atoms with van der Waals surface area (Å²) >= 11 is 0. The maximum Gasteiger partial charge on any atom is 0.163 e. The summed E-state index contributed by atoms with van der Waals surface area (Å²) in [6.07, 6.45) is 1.22. The van der Waals surface area contributed by atoms with Crippen molar-refractivity contribution in [1.29, 1.82) is 0 Å². The van der Waals surface area contributed by atoms with Crippen LogP contribution in [0.2, 0.25) is 0 Å². The number of Topliss-reactive ketones (excluding diaryl/α,β-unsaturated/α-hetero) is 1. The predicted molar refractivity (Wildman–Crippen MR) is 161 cm³/mol. The van der Waals surface area contributed by atoms with Crippen molar-refractivity contribution in [3.63, 3.8) is 0 Å². The molecule has 6 heteroatoms. The lowest BCUT2D eigenvalue weighted by Gasteiger charge is -2.30. The van der Waals surface area contributed by atoms with E-state index in [0.29, 0.717) is 37.1 Å². The topological polar surface area (TPSA) is 68.8 Å². The van der Waals surface area contributed by atoms with Crippen LogP contribution < -0.4 is 24.8 Å². The number of para-hydroxylation sites is 2. The third-order valence-electron chi connectivity index (χ3n) is 7.21. The molecule has 0 amide bonds. The molecule has 0 saturated carbocycles. The smallest absolute Gasteiger partial charge is 0.163 e. The first-order valence-electron chi connectivity index (χ1n) is 14.4. The first-order chi connectivity index (χ1) is 19.3. The van der Waals surface area contributed by atoms with Crippen LogP contribution in [0.5, 0.6) is 17.2 Å². The number of ether oxygens (including phenoxy) is 3. The molecule has 3 aromatic carbocycles. The van der Waals surface area contributed by atoms with Gasteiger partial charge in [-0.15, -0.1) is 0 Å². The fourth-order valence-electron chi connectivity index (χ4n) is 5.40. The first kappa shape index (κ1) is 27.6. The number of ketones is 1. The molecule has 0 fully saturated rings. The molecule has 3 aromatic rings. The Morgan fingerprint density at radius 3 is 2.27 bits per heavy atom. The highest BCUT2D eigenvalue weighted by Crippen LogP contribution is 2.45. The van der Waals surface area contributed by atoms with Gasteiger partial charge in [-0.2, -0.15) is 0 Å². The third-order valence-corrected chi connectivity index (χ3v) is 7.21. The molecular weight excluding hydrogens is 500 g/mol. The number of rotatable bonds is 9. The Bertz CT molecular complexity index is 1380. The second-order valence-electron chi connectivity index (χ2n) is 11.2. The van der Waals surface area contributed by atoms with E-state index in [2.05, 4.69) is 42.7 Å². The van der Waals surface area contributed by atoms with E-state index in [1.54, 1.807) is 0 Å². The molecule has 2 aliphatic rings. The lowest BCUT2D eigenvalue weighted by Crippen LogP contribution is -2.27. The lowest BCUT2D eigenvalue weighted by atomic mass is 9.78. The monoisotopic (exact) mass is 540 g/mol. The fourth-order valence-corrected chi connectivity index (χ4v) is 5.40. The Balaban J connectivity index is 1.50. The summed E-state index contributed by atoms with van der Waals surface area (Å²) in [6.45, 7) is 11.4. The molecule has 0 bridgehead atoms. The standard InChI is InChI=1S/C34H40N2O4/c1-6-38-32-19-24(13-16-31(32)40-22(4)5)34-33-29(35-27-9-7-8-10-28(27)36-34)17-25(18-30(33)37)23-11-14-26(15-12-23)39-20-21(2)3/h7-16,19,21-22,25,34-36H,6,17-18,20H2,1-5H3. The van der Waals surface area contributed by atoms with Crippen LogP contribution in [0.25, 0.3) is 0 Å². The van der Waals surface area contributed by atoms with Crippen molar-refractivity contribution < 1.29 is 19.0 Å². The second kappa shape index (κ2) is 12.1. The van der Waals surface area contributed by atoms with Gasteiger partial charge in [-0.05, 0) is 86.6 Å². The van der Waals surface area contributed by atoms with E-state index in [0.717, 1.165) is 45.9 Å². The van der Waals surface area contributed by atoms with E-state index in [1.165, 1.54) is 0 Å². The molecule has 1 aliphatic carbocycles. The minimum atomic E-state index is -0.321.